The van der Waals surface area contributed by atoms with Crippen molar-refractivity contribution in [1.82, 2.24) is 9.97 Å². The van der Waals surface area contributed by atoms with Gasteiger partial charge in [0.25, 0.3) is 0 Å². The van der Waals surface area contributed by atoms with E-state index in [1.54, 1.807) is 6.33 Å². The molecule has 1 heterocycles. The summed E-state index contributed by atoms with van der Waals surface area (Å²) in [5, 5.41) is 0. The van der Waals surface area contributed by atoms with E-state index in [0.717, 1.165) is 24.5 Å². The van der Waals surface area contributed by atoms with E-state index in [1.807, 2.05) is 6.20 Å². The smallest absolute Gasteiger partial charge is 0.0968 e. The van der Waals surface area contributed by atoms with Crippen molar-refractivity contribution in [3.8, 4) is 0 Å². The number of rotatable bonds is 4. The number of imidazole rings is 1. The molecule has 0 atom stereocenters. The molecule has 1 fully saturated rings. The molecule has 0 unspecified atom stereocenters. The van der Waals surface area contributed by atoms with E-state index in [0.29, 0.717) is 5.92 Å². The molecule has 0 aromatic carbocycles. The minimum absolute atomic E-state index is 0.548. The molecule has 0 aliphatic heterocycles. The lowest BCUT2D eigenvalue weighted by Gasteiger charge is -2.07. The van der Waals surface area contributed by atoms with Crippen molar-refractivity contribution < 1.29 is 0 Å². The van der Waals surface area contributed by atoms with Crippen LogP contribution >= 0.6 is 0 Å². The van der Waals surface area contributed by atoms with Crippen LogP contribution in [0.2, 0.25) is 0 Å². The summed E-state index contributed by atoms with van der Waals surface area (Å²) in [6.07, 6.45) is 9.48. The highest BCUT2D eigenvalue weighted by molar-refractivity contribution is 5.83. The Hall–Kier alpha value is -1.32. The van der Waals surface area contributed by atoms with Crippen molar-refractivity contribution in [2.75, 3.05) is 6.54 Å². The molecule has 1 saturated carbocycles. The van der Waals surface area contributed by atoms with Gasteiger partial charge < -0.3 is 10.7 Å². The molecule has 3 N–H and O–H groups in total. The van der Waals surface area contributed by atoms with Gasteiger partial charge in [-0.2, -0.15) is 0 Å². The molecule has 15 heavy (non-hydrogen) atoms. The van der Waals surface area contributed by atoms with Crippen LogP contribution in [-0.2, 0) is 6.42 Å². The van der Waals surface area contributed by atoms with E-state index in [9.17, 15) is 0 Å². The zero-order chi connectivity index (χ0) is 10.5. The van der Waals surface area contributed by atoms with Crippen molar-refractivity contribution in [3.05, 3.63) is 18.2 Å². The molecular weight excluding hydrogens is 188 g/mol. The van der Waals surface area contributed by atoms with E-state index in [1.165, 1.54) is 25.7 Å². The first-order chi connectivity index (χ1) is 7.36. The molecule has 1 aromatic heterocycles. The zero-order valence-corrected chi connectivity index (χ0v) is 8.95. The van der Waals surface area contributed by atoms with Crippen molar-refractivity contribution in [2.45, 2.75) is 32.1 Å². The van der Waals surface area contributed by atoms with Crippen LogP contribution in [0, 0.1) is 5.92 Å². The molecule has 1 aliphatic rings. The molecule has 4 nitrogen and oxygen atoms in total. The second-order valence-corrected chi connectivity index (χ2v) is 4.11. The van der Waals surface area contributed by atoms with Gasteiger partial charge in [-0.25, -0.2) is 4.98 Å². The summed E-state index contributed by atoms with van der Waals surface area (Å²) < 4.78 is 0. The number of aliphatic imine (C=N–C) groups is 1. The number of hydrogen-bond acceptors (Lipinski definition) is 2. The fourth-order valence-electron chi connectivity index (χ4n) is 2.08. The average molecular weight is 206 g/mol. The monoisotopic (exact) mass is 206 g/mol. The maximum atomic E-state index is 5.94. The maximum absolute atomic E-state index is 5.94. The summed E-state index contributed by atoms with van der Waals surface area (Å²) >= 11 is 0. The van der Waals surface area contributed by atoms with Crippen LogP contribution in [0.5, 0.6) is 0 Å². The van der Waals surface area contributed by atoms with Crippen LogP contribution in [0.1, 0.15) is 31.4 Å². The Balaban J connectivity index is 1.78. The van der Waals surface area contributed by atoms with Crippen LogP contribution in [0.4, 0.5) is 0 Å². The number of H-pyrrole nitrogens is 1. The van der Waals surface area contributed by atoms with Gasteiger partial charge in [0, 0.05) is 30.8 Å². The summed E-state index contributed by atoms with van der Waals surface area (Å²) in [7, 11) is 0. The standard InChI is InChI=1S/C11H18N4/c12-11(9-3-1-2-4-9)14-6-5-10-7-13-8-15-10/h7-9H,1-6H2,(H2,12,14)(H,13,15). The van der Waals surface area contributed by atoms with E-state index in [2.05, 4.69) is 15.0 Å². The molecule has 1 aliphatic carbocycles. The molecule has 1 aromatic rings. The fraction of sp³-hybridized carbons (Fsp3) is 0.636. The van der Waals surface area contributed by atoms with Crippen molar-refractivity contribution in [1.29, 1.82) is 0 Å². The van der Waals surface area contributed by atoms with Crippen LogP contribution in [0.25, 0.3) is 0 Å². The van der Waals surface area contributed by atoms with Gasteiger partial charge in [-0.1, -0.05) is 12.8 Å². The van der Waals surface area contributed by atoms with Gasteiger partial charge in [0.05, 0.1) is 12.2 Å². The number of nitrogens with two attached hydrogens (primary N) is 1. The number of amidine groups is 1. The summed E-state index contributed by atoms with van der Waals surface area (Å²) in [6.45, 7) is 0.768. The number of aromatic nitrogens is 2. The zero-order valence-electron chi connectivity index (χ0n) is 8.95. The molecule has 2 rings (SSSR count). The molecule has 0 saturated heterocycles. The SMILES string of the molecule is NC(=NCCc1cnc[nH]1)C1CCCC1. The fourth-order valence-corrected chi connectivity index (χ4v) is 2.08. The van der Waals surface area contributed by atoms with Gasteiger partial charge in [0.1, 0.15) is 0 Å². The summed E-state index contributed by atoms with van der Waals surface area (Å²) in [5.74, 6) is 1.40. The van der Waals surface area contributed by atoms with Crippen molar-refractivity contribution >= 4 is 5.84 Å². The van der Waals surface area contributed by atoms with E-state index >= 15 is 0 Å². The normalized spacial score (nSPS) is 18.5. The second kappa shape index (κ2) is 4.96. The second-order valence-electron chi connectivity index (χ2n) is 4.11. The number of aromatic amines is 1. The van der Waals surface area contributed by atoms with Crippen LogP contribution in [-0.4, -0.2) is 22.3 Å². The highest BCUT2D eigenvalue weighted by Crippen LogP contribution is 2.24. The Morgan fingerprint density at radius 3 is 3.00 bits per heavy atom. The lowest BCUT2D eigenvalue weighted by atomic mass is 10.1. The van der Waals surface area contributed by atoms with E-state index < -0.39 is 0 Å². The summed E-state index contributed by atoms with van der Waals surface area (Å²) in [4.78, 5) is 11.4. The minimum atomic E-state index is 0.548. The minimum Gasteiger partial charge on any atom is -0.387 e. The Kier molecular flexibility index (Phi) is 3.37. The molecule has 0 bridgehead atoms. The first-order valence-corrected chi connectivity index (χ1v) is 5.63. The third-order valence-corrected chi connectivity index (χ3v) is 3.00. The topological polar surface area (TPSA) is 67.1 Å². The lowest BCUT2D eigenvalue weighted by Crippen LogP contribution is -2.21. The van der Waals surface area contributed by atoms with Gasteiger partial charge in [0.15, 0.2) is 0 Å². The predicted molar refractivity (Wildman–Crippen MR) is 60.7 cm³/mol. The van der Waals surface area contributed by atoms with Crippen molar-refractivity contribution in [2.24, 2.45) is 16.6 Å². The average Bonchev–Trinajstić information content (AvgIpc) is 2.90. The maximum Gasteiger partial charge on any atom is 0.0968 e. The number of nitrogens with one attached hydrogen (secondary N) is 1. The summed E-state index contributed by atoms with van der Waals surface area (Å²) in [5.41, 5.74) is 7.07. The van der Waals surface area contributed by atoms with Gasteiger partial charge >= 0.3 is 0 Å². The Bertz CT molecular complexity index is 309. The highest BCUT2D eigenvalue weighted by Gasteiger charge is 2.17. The first kappa shape index (κ1) is 10.2. The van der Waals surface area contributed by atoms with E-state index in [4.69, 9.17) is 5.73 Å². The van der Waals surface area contributed by atoms with Crippen LogP contribution in [0.15, 0.2) is 17.5 Å². The van der Waals surface area contributed by atoms with Gasteiger partial charge in [-0.3, -0.25) is 4.99 Å². The van der Waals surface area contributed by atoms with Crippen molar-refractivity contribution in [3.63, 3.8) is 0 Å². The Labute approximate surface area is 90.0 Å². The predicted octanol–water partition coefficient (Wildman–Crippen LogP) is 1.50. The summed E-state index contributed by atoms with van der Waals surface area (Å²) in [6, 6.07) is 0. The number of nitrogens with zero attached hydrogens (tertiary/aromatic N) is 2. The van der Waals surface area contributed by atoms with Gasteiger partial charge in [0.2, 0.25) is 0 Å². The van der Waals surface area contributed by atoms with Gasteiger partial charge in [-0.15, -0.1) is 0 Å². The highest BCUT2D eigenvalue weighted by atomic mass is 14.9. The first-order valence-electron chi connectivity index (χ1n) is 5.63. The molecular formula is C11H18N4. The van der Waals surface area contributed by atoms with E-state index in [-0.39, 0.29) is 0 Å². The van der Waals surface area contributed by atoms with Crippen LogP contribution < -0.4 is 5.73 Å². The van der Waals surface area contributed by atoms with Gasteiger partial charge in [-0.05, 0) is 12.8 Å². The molecule has 4 heteroatoms. The third kappa shape index (κ3) is 2.81. The number of hydrogen-bond donors (Lipinski definition) is 2. The molecule has 82 valence electrons. The molecule has 0 radical (unpaired) electrons. The largest absolute Gasteiger partial charge is 0.387 e. The van der Waals surface area contributed by atoms with Crippen LogP contribution in [0.3, 0.4) is 0 Å². The molecule has 0 spiro atoms. The Morgan fingerprint density at radius 2 is 2.33 bits per heavy atom. The third-order valence-electron chi connectivity index (χ3n) is 3.00. The Morgan fingerprint density at radius 1 is 1.53 bits per heavy atom. The molecule has 0 amide bonds. The lowest BCUT2D eigenvalue weighted by molar-refractivity contribution is 0.714. The quantitative estimate of drug-likeness (QED) is 0.579.